The van der Waals surface area contributed by atoms with Gasteiger partial charge in [-0.05, 0) is 29.7 Å². The molecule has 0 saturated carbocycles. The van der Waals surface area contributed by atoms with Crippen LogP contribution < -0.4 is 19.7 Å². The third kappa shape index (κ3) is 29.1. The molecule has 0 saturated heterocycles. The van der Waals surface area contributed by atoms with Gasteiger partial charge >= 0.3 is 55.2 Å². The first-order valence-electron chi connectivity index (χ1n) is 9.94. The van der Waals surface area contributed by atoms with Gasteiger partial charge in [0.05, 0.1) is 29.5 Å². The van der Waals surface area contributed by atoms with Crippen molar-refractivity contribution in [2.24, 2.45) is 9.98 Å². The van der Waals surface area contributed by atoms with E-state index in [1.54, 1.807) is 48.8 Å². The van der Waals surface area contributed by atoms with Gasteiger partial charge in [0, 0.05) is 32.6 Å². The quantitative estimate of drug-likeness (QED) is 0.126. The molecule has 0 heterocycles. The van der Waals surface area contributed by atoms with E-state index in [9.17, 15) is 10.2 Å². The van der Waals surface area contributed by atoms with Crippen molar-refractivity contribution in [1.29, 1.82) is 0 Å². The Morgan fingerprint density at radius 2 is 0.976 bits per heavy atom. The molecule has 234 valence electrons. The Kier molecular flexibility index (Phi) is 35.5. The summed E-state index contributed by atoms with van der Waals surface area (Å²) in [4.78, 5) is 33.2. The zero-order valence-electron chi connectivity index (χ0n) is 21.3. The van der Waals surface area contributed by atoms with Crippen molar-refractivity contribution in [3.8, 4) is 23.0 Å². The molecule has 0 spiro atoms. The van der Waals surface area contributed by atoms with Crippen LogP contribution in [-0.4, -0.2) is 67.2 Å². The molecule has 0 atom stereocenters. The van der Waals surface area contributed by atoms with E-state index in [1.165, 1.54) is 14.2 Å². The molecule has 2 radical (unpaired) electrons. The average Bonchev–Trinajstić information content (AvgIpc) is 2.85. The first-order valence-corrected chi connectivity index (χ1v) is 9.94. The molecular formula is C20H24CuDyN5O14. The van der Waals surface area contributed by atoms with Gasteiger partial charge in [-0.2, -0.15) is 0 Å². The number of benzene rings is 2. The minimum Gasteiger partial charge on any atom is -0.870 e. The van der Waals surface area contributed by atoms with Crippen LogP contribution in [0.1, 0.15) is 17.5 Å². The van der Waals surface area contributed by atoms with Crippen molar-refractivity contribution in [2.75, 3.05) is 34.4 Å². The number of hydrogen-bond donors (Lipinski definition) is 1. The van der Waals surface area contributed by atoms with Crippen LogP contribution in [0, 0.1) is 84.1 Å². The number of aliphatic hydroxyl groups excluding tert-OH is 1. The van der Waals surface area contributed by atoms with Gasteiger partial charge in [-0.1, -0.05) is 35.8 Å². The standard InChI is InChI=1S/C19H22N2O4.CH4O.Cu.Dy.3NO3/c1-24-16-8-3-6-14(18(16)22)12-20-10-5-11-21-13-15-7-4-9-17(25-2)19(15)23;1-2;;;3*2-1(3)4/h3-4,6-9,12-13,22-23H,5,10-11H2,1-2H3;2H,1H3;;;;;/q;;+2;+3;3*-1/p-2. The van der Waals surface area contributed by atoms with Crippen molar-refractivity contribution in [3.63, 3.8) is 0 Å². The first-order chi connectivity index (χ1) is 18.4. The van der Waals surface area contributed by atoms with Crippen molar-refractivity contribution in [1.82, 2.24) is 0 Å². The normalized spacial score (nSPS) is 8.78. The fourth-order valence-electron chi connectivity index (χ4n) is 2.17. The van der Waals surface area contributed by atoms with E-state index < -0.39 is 15.3 Å². The van der Waals surface area contributed by atoms with Gasteiger partial charge in [0.25, 0.3) is 0 Å². The average molecular weight is 784 g/mol. The largest absolute Gasteiger partial charge is 3.00 e. The molecule has 21 heteroatoms. The fraction of sp³-hybridized carbons (Fsp3) is 0.300. The zero-order chi connectivity index (χ0) is 30.8. The van der Waals surface area contributed by atoms with Crippen molar-refractivity contribution in [3.05, 3.63) is 93.5 Å². The van der Waals surface area contributed by atoms with Gasteiger partial charge in [0.1, 0.15) is 11.5 Å². The van der Waals surface area contributed by atoms with Crippen LogP contribution in [0.2, 0.25) is 0 Å². The molecule has 0 aliphatic carbocycles. The van der Waals surface area contributed by atoms with E-state index in [1.807, 2.05) is 0 Å². The number of para-hydroxylation sites is 2. The van der Waals surface area contributed by atoms with Crippen LogP contribution in [0.3, 0.4) is 0 Å². The Morgan fingerprint density at radius 1 is 0.707 bits per heavy atom. The molecule has 0 bridgehead atoms. The van der Waals surface area contributed by atoms with Crippen molar-refractivity contribution in [2.45, 2.75) is 6.42 Å². The second kappa shape index (κ2) is 30.9. The summed E-state index contributed by atoms with van der Waals surface area (Å²) in [6.07, 6.45) is 3.81. The molecule has 0 aliphatic heterocycles. The Labute approximate surface area is 273 Å². The molecule has 41 heavy (non-hydrogen) atoms. The Hall–Kier alpha value is -3.67. The van der Waals surface area contributed by atoms with E-state index in [2.05, 4.69) is 9.98 Å². The summed E-state index contributed by atoms with van der Waals surface area (Å²) in [6, 6.07) is 10.1. The predicted molar refractivity (Wildman–Crippen MR) is 134 cm³/mol. The maximum absolute atomic E-state index is 11.9. The van der Waals surface area contributed by atoms with E-state index in [0.29, 0.717) is 42.1 Å². The predicted octanol–water partition coefficient (Wildman–Crippen LogP) is 0.668. The van der Waals surface area contributed by atoms with Crippen LogP contribution in [0.25, 0.3) is 0 Å². The van der Waals surface area contributed by atoms with Crippen molar-refractivity contribution < 1.29 is 95.3 Å². The number of methoxy groups -OCH3 is 2. The van der Waals surface area contributed by atoms with Crippen LogP contribution in [0.4, 0.5) is 0 Å². The fourth-order valence-corrected chi connectivity index (χ4v) is 2.17. The molecule has 0 fully saturated rings. The SMILES string of the molecule is CO.COc1cccc(C=NCCCN=Cc2cccc(OC)c2[O-])c1[O-].O=[N+]([O-])[O-].O=[N+]([O-])[O-].O=[N+]([O-])[O-].[Cu+2].[Dy+3]. The first kappa shape index (κ1) is 47.1. The van der Waals surface area contributed by atoms with Gasteiger partial charge in [0.15, 0.2) is 0 Å². The second-order valence-electron chi connectivity index (χ2n) is 5.85. The number of aliphatic imine (C=N–C) groups is 2. The summed E-state index contributed by atoms with van der Waals surface area (Å²) >= 11 is 0. The molecule has 0 amide bonds. The van der Waals surface area contributed by atoms with Gasteiger partial charge < -0.3 is 70.8 Å². The van der Waals surface area contributed by atoms with Gasteiger partial charge in [-0.15, -0.1) is 0 Å². The molecule has 0 unspecified atom stereocenters. The minimum atomic E-state index is -1.75. The third-order valence-corrected chi connectivity index (χ3v) is 3.49. The maximum Gasteiger partial charge on any atom is 3.00 e. The summed E-state index contributed by atoms with van der Waals surface area (Å²) in [7, 11) is 3.93. The smallest absolute Gasteiger partial charge is 0.870 e. The molecule has 2 aromatic rings. The number of nitrogens with zero attached hydrogens (tertiary/aromatic N) is 5. The van der Waals surface area contributed by atoms with E-state index in [0.717, 1.165) is 7.11 Å². The summed E-state index contributed by atoms with van der Waals surface area (Å²) < 4.78 is 9.97. The van der Waals surface area contributed by atoms with Crippen LogP contribution in [-0.2, 0) is 17.1 Å². The van der Waals surface area contributed by atoms with E-state index in [-0.39, 0.29) is 66.7 Å². The Bertz CT molecular complexity index is 959. The topological polar surface area (TPSA) is 308 Å². The summed E-state index contributed by atoms with van der Waals surface area (Å²) in [6.45, 7) is 1.08. The molecule has 2 aromatic carbocycles. The van der Waals surface area contributed by atoms with Gasteiger partial charge in [-0.25, -0.2) is 0 Å². The monoisotopic (exact) mass is 785 g/mol. The molecular weight excluding hydrogens is 760 g/mol. The zero-order valence-corrected chi connectivity index (χ0v) is 24.3. The molecule has 0 aromatic heterocycles. The van der Waals surface area contributed by atoms with Crippen LogP contribution in [0.5, 0.6) is 23.0 Å². The van der Waals surface area contributed by atoms with Crippen LogP contribution in [0.15, 0.2) is 46.4 Å². The Balaban J connectivity index is -0.000000227. The molecule has 2 rings (SSSR count). The molecule has 19 nitrogen and oxygen atoms in total. The number of rotatable bonds is 8. The summed E-state index contributed by atoms with van der Waals surface area (Å²) in [5.41, 5.74) is 0.991. The molecule has 1 N–H and O–H groups in total. The van der Waals surface area contributed by atoms with E-state index >= 15 is 0 Å². The number of ether oxygens (including phenoxy) is 2. The van der Waals surface area contributed by atoms with Crippen molar-refractivity contribution >= 4 is 12.4 Å². The van der Waals surface area contributed by atoms with E-state index in [4.69, 9.17) is 60.5 Å². The minimum absolute atomic E-state index is 0. The summed E-state index contributed by atoms with van der Waals surface area (Å²) in [5, 5.41) is 75.1. The Morgan fingerprint density at radius 3 is 1.22 bits per heavy atom. The van der Waals surface area contributed by atoms with Gasteiger partial charge in [0.2, 0.25) is 0 Å². The van der Waals surface area contributed by atoms with Crippen LogP contribution >= 0.6 is 0 Å². The number of aliphatic hydroxyl groups is 1. The third-order valence-electron chi connectivity index (χ3n) is 3.49. The summed E-state index contributed by atoms with van der Waals surface area (Å²) in [5.74, 6) is 0.265. The maximum atomic E-state index is 11.9. The molecule has 0 aliphatic rings. The number of hydrogen-bond acceptors (Lipinski definition) is 16. The second-order valence-corrected chi connectivity index (χ2v) is 5.85. The van der Waals surface area contributed by atoms with Gasteiger partial charge in [-0.3, -0.25) is 9.98 Å².